The number of nitrogens with one attached hydrogen (secondary N) is 1. The molecule has 0 saturated heterocycles. The van der Waals surface area contributed by atoms with Crippen molar-refractivity contribution in [2.24, 2.45) is 5.73 Å². The number of methoxy groups -OCH3 is 2. The molecule has 0 bridgehead atoms. The summed E-state index contributed by atoms with van der Waals surface area (Å²) in [6, 6.07) is -0.486. The topological polar surface area (TPSA) is 73.6 Å². The summed E-state index contributed by atoms with van der Waals surface area (Å²) in [6.07, 6.45) is -0.118. The van der Waals surface area contributed by atoms with Crippen LogP contribution < -0.4 is 11.1 Å². The maximum absolute atomic E-state index is 11.0. The summed E-state index contributed by atoms with van der Waals surface area (Å²) >= 11 is 0. The Hall–Kier alpha value is -0.650. The van der Waals surface area contributed by atoms with E-state index in [0.29, 0.717) is 13.2 Å². The fraction of sp³-hybridized carbons (Fsp3) is 0.875. The summed E-state index contributed by atoms with van der Waals surface area (Å²) in [5.74, 6) is -0.182. The molecule has 0 aromatic carbocycles. The van der Waals surface area contributed by atoms with Gasteiger partial charge >= 0.3 is 0 Å². The highest BCUT2D eigenvalue weighted by Gasteiger charge is 2.11. The molecule has 3 N–H and O–H groups in total. The molecular weight excluding hydrogens is 172 g/mol. The van der Waals surface area contributed by atoms with Gasteiger partial charge in [-0.05, 0) is 6.92 Å². The zero-order chi connectivity index (χ0) is 10.3. The number of amides is 1. The first kappa shape index (κ1) is 12.3. The molecule has 5 heteroatoms. The summed E-state index contributed by atoms with van der Waals surface area (Å²) in [5, 5.41) is 2.65. The lowest BCUT2D eigenvalue weighted by atomic mass is 10.3. The first-order valence-corrected chi connectivity index (χ1v) is 4.16. The van der Waals surface area contributed by atoms with Gasteiger partial charge in [-0.25, -0.2) is 0 Å². The van der Waals surface area contributed by atoms with E-state index >= 15 is 0 Å². The normalized spacial score (nSPS) is 15.1. The van der Waals surface area contributed by atoms with E-state index in [4.69, 9.17) is 15.2 Å². The molecule has 1 amide bonds. The highest BCUT2D eigenvalue weighted by molar-refractivity contribution is 5.80. The van der Waals surface area contributed by atoms with E-state index in [1.165, 1.54) is 0 Å². The van der Waals surface area contributed by atoms with E-state index in [1.54, 1.807) is 21.1 Å². The second-order valence-corrected chi connectivity index (χ2v) is 2.85. The van der Waals surface area contributed by atoms with Gasteiger partial charge in [0, 0.05) is 20.8 Å². The minimum Gasteiger partial charge on any atom is -0.382 e. The van der Waals surface area contributed by atoms with Crippen molar-refractivity contribution in [3.05, 3.63) is 0 Å². The van der Waals surface area contributed by atoms with Crippen LogP contribution in [0.15, 0.2) is 0 Å². The molecule has 0 spiro atoms. The standard InChI is InChI=1S/C8H18N2O3/c1-6(9)8(11)10-4-7(13-3)5-12-2/h6-7H,4-5,9H2,1-3H3,(H,10,11). The van der Waals surface area contributed by atoms with Crippen LogP contribution in [0.2, 0.25) is 0 Å². The number of nitrogens with two attached hydrogens (primary N) is 1. The number of carbonyl (C=O) groups excluding carboxylic acids is 1. The minimum atomic E-state index is -0.486. The highest BCUT2D eigenvalue weighted by atomic mass is 16.5. The Labute approximate surface area is 78.6 Å². The quantitative estimate of drug-likeness (QED) is 0.570. The van der Waals surface area contributed by atoms with Gasteiger partial charge in [0.05, 0.1) is 18.8 Å². The second kappa shape index (κ2) is 6.82. The number of ether oxygens (including phenoxy) is 2. The number of hydrogen-bond acceptors (Lipinski definition) is 4. The summed E-state index contributed by atoms with van der Waals surface area (Å²) in [4.78, 5) is 11.0. The van der Waals surface area contributed by atoms with Crippen LogP contribution in [0, 0.1) is 0 Å². The molecule has 0 rings (SSSR count). The van der Waals surface area contributed by atoms with E-state index in [9.17, 15) is 4.79 Å². The molecule has 0 aromatic rings. The molecular formula is C8H18N2O3. The molecule has 0 aromatic heterocycles. The molecule has 78 valence electrons. The molecule has 0 radical (unpaired) electrons. The van der Waals surface area contributed by atoms with Gasteiger partial charge in [0.15, 0.2) is 0 Å². The lowest BCUT2D eigenvalue weighted by Gasteiger charge is -2.15. The fourth-order valence-electron chi connectivity index (χ4n) is 0.772. The molecule has 2 unspecified atom stereocenters. The molecule has 0 aliphatic carbocycles. The molecule has 5 nitrogen and oxygen atoms in total. The van der Waals surface area contributed by atoms with Crippen LogP contribution in [0.4, 0.5) is 0 Å². The smallest absolute Gasteiger partial charge is 0.236 e. The molecule has 0 aliphatic heterocycles. The molecule has 0 heterocycles. The van der Waals surface area contributed by atoms with Crippen molar-refractivity contribution in [3.8, 4) is 0 Å². The lowest BCUT2D eigenvalue weighted by molar-refractivity contribution is -0.122. The van der Waals surface area contributed by atoms with Crippen LogP contribution in [-0.2, 0) is 14.3 Å². The van der Waals surface area contributed by atoms with Gasteiger partial charge in [0.25, 0.3) is 0 Å². The first-order valence-electron chi connectivity index (χ1n) is 4.16. The summed E-state index contributed by atoms with van der Waals surface area (Å²) in [5.41, 5.74) is 5.35. The average molecular weight is 190 g/mol. The van der Waals surface area contributed by atoms with Crippen molar-refractivity contribution >= 4 is 5.91 Å². The number of hydrogen-bond donors (Lipinski definition) is 2. The monoisotopic (exact) mass is 190 g/mol. The van der Waals surface area contributed by atoms with E-state index in [0.717, 1.165) is 0 Å². The van der Waals surface area contributed by atoms with Crippen LogP contribution in [0.1, 0.15) is 6.92 Å². The molecule has 2 atom stereocenters. The molecule has 0 aliphatic rings. The number of rotatable bonds is 6. The predicted molar refractivity (Wildman–Crippen MR) is 49.3 cm³/mol. The maximum Gasteiger partial charge on any atom is 0.236 e. The Morgan fingerprint density at radius 2 is 2.15 bits per heavy atom. The lowest BCUT2D eigenvalue weighted by Crippen LogP contribution is -2.43. The van der Waals surface area contributed by atoms with Crippen molar-refractivity contribution in [1.82, 2.24) is 5.32 Å². The highest BCUT2D eigenvalue weighted by Crippen LogP contribution is 1.88. The van der Waals surface area contributed by atoms with Crippen LogP contribution in [-0.4, -0.2) is 45.4 Å². The van der Waals surface area contributed by atoms with E-state index in [-0.39, 0.29) is 12.0 Å². The van der Waals surface area contributed by atoms with Crippen molar-refractivity contribution in [2.75, 3.05) is 27.4 Å². The van der Waals surface area contributed by atoms with E-state index in [1.807, 2.05) is 0 Å². The second-order valence-electron chi connectivity index (χ2n) is 2.85. The summed E-state index contributed by atoms with van der Waals surface area (Å²) in [7, 11) is 3.15. The zero-order valence-corrected chi connectivity index (χ0v) is 8.37. The van der Waals surface area contributed by atoms with Gasteiger partial charge in [-0.3, -0.25) is 4.79 Å². The zero-order valence-electron chi connectivity index (χ0n) is 8.37. The van der Waals surface area contributed by atoms with Crippen LogP contribution in [0.25, 0.3) is 0 Å². The van der Waals surface area contributed by atoms with E-state index < -0.39 is 6.04 Å². The first-order chi connectivity index (χ1) is 6.11. The van der Waals surface area contributed by atoms with Crippen molar-refractivity contribution in [1.29, 1.82) is 0 Å². The van der Waals surface area contributed by atoms with Crippen molar-refractivity contribution < 1.29 is 14.3 Å². The third-order valence-electron chi connectivity index (χ3n) is 1.60. The predicted octanol–water partition coefficient (Wildman–Crippen LogP) is -0.889. The van der Waals surface area contributed by atoms with E-state index in [2.05, 4.69) is 5.32 Å². The largest absolute Gasteiger partial charge is 0.382 e. The third-order valence-corrected chi connectivity index (χ3v) is 1.60. The Bertz CT molecular complexity index is 150. The third kappa shape index (κ3) is 5.57. The van der Waals surface area contributed by atoms with Crippen LogP contribution in [0.5, 0.6) is 0 Å². The van der Waals surface area contributed by atoms with Crippen molar-refractivity contribution in [3.63, 3.8) is 0 Å². The van der Waals surface area contributed by atoms with Crippen molar-refractivity contribution in [2.45, 2.75) is 19.1 Å². The Balaban J connectivity index is 3.65. The molecule has 0 saturated carbocycles. The fourth-order valence-corrected chi connectivity index (χ4v) is 0.772. The minimum absolute atomic E-state index is 0.118. The Morgan fingerprint density at radius 3 is 2.54 bits per heavy atom. The van der Waals surface area contributed by atoms with Crippen LogP contribution in [0.3, 0.4) is 0 Å². The summed E-state index contributed by atoms with van der Waals surface area (Å²) in [6.45, 7) is 2.51. The molecule has 13 heavy (non-hydrogen) atoms. The van der Waals surface area contributed by atoms with Gasteiger partial charge in [-0.2, -0.15) is 0 Å². The molecule has 0 fully saturated rings. The maximum atomic E-state index is 11.0. The van der Waals surface area contributed by atoms with Crippen LogP contribution >= 0.6 is 0 Å². The van der Waals surface area contributed by atoms with Gasteiger partial charge in [-0.1, -0.05) is 0 Å². The number of carbonyl (C=O) groups is 1. The Morgan fingerprint density at radius 1 is 1.54 bits per heavy atom. The van der Waals surface area contributed by atoms with Gasteiger partial charge < -0.3 is 20.5 Å². The van der Waals surface area contributed by atoms with Gasteiger partial charge in [0.1, 0.15) is 0 Å². The average Bonchev–Trinajstić information content (AvgIpc) is 2.11. The SMILES string of the molecule is COCC(CNC(=O)C(C)N)OC. The summed E-state index contributed by atoms with van der Waals surface area (Å²) < 4.78 is 9.92. The Kier molecular flexibility index (Phi) is 6.48. The van der Waals surface area contributed by atoms with Gasteiger partial charge in [0.2, 0.25) is 5.91 Å². The van der Waals surface area contributed by atoms with Gasteiger partial charge in [-0.15, -0.1) is 0 Å².